The van der Waals surface area contributed by atoms with Crippen LogP contribution in [-0.4, -0.2) is 21.6 Å². The maximum atomic E-state index is 12.4. The van der Waals surface area contributed by atoms with Gasteiger partial charge in [-0.3, -0.25) is 14.9 Å². The number of thiophene rings is 1. The summed E-state index contributed by atoms with van der Waals surface area (Å²) in [6, 6.07) is 14.2. The van der Waals surface area contributed by atoms with Crippen molar-refractivity contribution >= 4 is 50.1 Å². The molecule has 7 nitrogen and oxygen atoms in total. The summed E-state index contributed by atoms with van der Waals surface area (Å²) in [5.41, 5.74) is 4.57. The van der Waals surface area contributed by atoms with Crippen LogP contribution in [0.5, 0.6) is 0 Å². The molecule has 0 atom stereocenters. The number of aromatic nitrogens is 1. The number of nitrogens with one attached hydrogen (secondary N) is 1. The molecule has 0 bridgehead atoms. The van der Waals surface area contributed by atoms with E-state index in [2.05, 4.69) is 22.0 Å². The first kappa shape index (κ1) is 17.9. The molecule has 1 N–H and O–H groups in total. The number of nitro benzene ring substituents is 1. The van der Waals surface area contributed by atoms with E-state index < -0.39 is 4.92 Å². The lowest BCUT2D eigenvalue weighted by Gasteiger charge is -1.97. The number of carbonyl (C=O) groups is 1. The van der Waals surface area contributed by atoms with Crippen molar-refractivity contribution in [2.24, 2.45) is 5.10 Å². The van der Waals surface area contributed by atoms with Gasteiger partial charge in [0.15, 0.2) is 0 Å². The van der Waals surface area contributed by atoms with Crippen LogP contribution >= 0.6 is 11.3 Å². The van der Waals surface area contributed by atoms with Gasteiger partial charge in [-0.15, -0.1) is 11.3 Å². The van der Waals surface area contributed by atoms with Crippen molar-refractivity contribution in [1.29, 1.82) is 0 Å². The van der Waals surface area contributed by atoms with E-state index in [9.17, 15) is 14.9 Å². The number of benzene rings is 2. The number of rotatable bonds is 5. The fourth-order valence-electron chi connectivity index (χ4n) is 3.11. The molecule has 4 rings (SSSR count). The molecule has 0 aliphatic heterocycles. The highest BCUT2D eigenvalue weighted by Gasteiger charge is 2.13. The van der Waals surface area contributed by atoms with Crippen molar-refractivity contribution in [3.8, 4) is 0 Å². The molecule has 8 heteroatoms. The molecule has 0 fully saturated rings. The molecule has 4 aromatic rings. The number of aryl methyl sites for hydroxylation is 1. The number of para-hydroxylation sites is 1. The van der Waals surface area contributed by atoms with Gasteiger partial charge in [-0.25, -0.2) is 5.43 Å². The maximum Gasteiger partial charge on any atom is 0.281 e. The number of amides is 1. The molecular weight excluding hydrogens is 376 g/mol. The van der Waals surface area contributed by atoms with Crippen LogP contribution in [0.1, 0.15) is 22.2 Å². The van der Waals surface area contributed by atoms with Crippen molar-refractivity contribution in [1.82, 2.24) is 9.99 Å². The first-order chi connectivity index (χ1) is 13.6. The summed E-state index contributed by atoms with van der Waals surface area (Å²) < 4.78 is 2.93. The average Bonchev–Trinajstić information content (AvgIpc) is 3.29. The van der Waals surface area contributed by atoms with Gasteiger partial charge in [-0.2, -0.15) is 5.10 Å². The van der Waals surface area contributed by atoms with Gasteiger partial charge in [0.2, 0.25) is 0 Å². The zero-order valence-corrected chi connectivity index (χ0v) is 15.8. The highest BCUT2D eigenvalue weighted by atomic mass is 32.1. The van der Waals surface area contributed by atoms with E-state index in [4.69, 9.17) is 0 Å². The maximum absolute atomic E-state index is 12.4. The zero-order valence-electron chi connectivity index (χ0n) is 15.0. The number of nitrogens with zero attached hydrogens (tertiary/aromatic N) is 3. The first-order valence-electron chi connectivity index (χ1n) is 8.66. The van der Waals surface area contributed by atoms with Gasteiger partial charge in [-0.1, -0.05) is 18.2 Å². The Morgan fingerprint density at radius 3 is 2.89 bits per heavy atom. The van der Waals surface area contributed by atoms with Crippen molar-refractivity contribution < 1.29 is 9.72 Å². The fourth-order valence-corrected chi connectivity index (χ4v) is 4.04. The molecule has 0 saturated heterocycles. The number of nitro groups is 1. The van der Waals surface area contributed by atoms with Gasteiger partial charge >= 0.3 is 0 Å². The number of carbonyl (C=O) groups excluding carboxylic acids is 1. The third-order valence-electron chi connectivity index (χ3n) is 4.46. The fraction of sp³-hybridized carbons (Fsp3) is 0.100. The number of fused-ring (bicyclic) bond motifs is 2. The summed E-state index contributed by atoms with van der Waals surface area (Å²) >= 11 is 1.27. The lowest BCUT2D eigenvalue weighted by Crippen LogP contribution is -2.16. The summed E-state index contributed by atoms with van der Waals surface area (Å²) in [6.07, 6.45) is 3.63. The van der Waals surface area contributed by atoms with Gasteiger partial charge in [0.05, 0.1) is 16.0 Å². The molecule has 28 heavy (non-hydrogen) atoms. The Kier molecular flexibility index (Phi) is 4.62. The molecule has 2 aromatic heterocycles. The molecular formula is C20H16N4O3S. The van der Waals surface area contributed by atoms with E-state index >= 15 is 0 Å². The molecule has 1 amide bonds. The predicted octanol–water partition coefficient (Wildman–Crippen LogP) is 4.55. The van der Waals surface area contributed by atoms with Gasteiger partial charge in [0.25, 0.3) is 11.6 Å². The molecule has 140 valence electrons. The summed E-state index contributed by atoms with van der Waals surface area (Å²) in [5, 5.41) is 16.7. The Morgan fingerprint density at radius 2 is 2.11 bits per heavy atom. The van der Waals surface area contributed by atoms with Crippen LogP contribution in [0.25, 0.3) is 21.0 Å². The quantitative estimate of drug-likeness (QED) is 0.307. The Bertz CT molecular complexity index is 1240. The highest BCUT2D eigenvalue weighted by Crippen LogP contribution is 2.29. The number of hydrazone groups is 1. The van der Waals surface area contributed by atoms with E-state index in [1.54, 1.807) is 18.3 Å². The van der Waals surface area contributed by atoms with E-state index in [-0.39, 0.29) is 11.6 Å². The van der Waals surface area contributed by atoms with Crippen molar-refractivity contribution in [3.63, 3.8) is 0 Å². The normalized spacial score (nSPS) is 11.5. The smallest absolute Gasteiger partial charge is 0.281 e. The predicted molar refractivity (Wildman–Crippen MR) is 111 cm³/mol. The monoisotopic (exact) mass is 392 g/mol. The first-order valence-corrected chi connectivity index (χ1v) is 9.47. The van der Waals surface area contributed by atoms with E-state index in [0.717, 1.165) is 27.7 Å². The average molecular weight is 392 g/mol. The Hall–Kier alpha value is -3.52. The lowest BCUT2D eigenvalue weighted by molar-refractivity contribution is -0.384. The number of non-ortho nitro benzene ring substituents is 1. The SMILES string of the molecule is CCn1cc(/C=N\NC(=O)c2cc3cc([N+](=O)[O-])ccc3s2)c2ccccc21. The van der Waals surface area contributed by atoms with Gasteiger partial charge in [0, 0.05) is 51.4 Å². The van der Waals surface area contributed by atoms with Crippen LogP contribution in [0, 0.1) is 10.1 Å². The highest BCUT2D eigenvalue weighted by molar-refractivity contribution is 7.20. The van der Waals surface area contributed by atoms with Gasteiger partial charge in [-0.05, 0) is 25.1 Å². The molecule has 2 aromatic carbocycles. The van der Waals surface area contributed by atoms with Crippen LogP contribution in [0.4, 0.5) is 5.69 Å². The summed E-state index contributed by atoms with van der Waals surface area (Å²) in [4.78, 5) is 23.3. The second-order valence-corrected chi connectivity index (χ2v) is 7.26. The second-order valence-electron chi connectivity index (χ2n) is 6.18. The Morgan fingerprint density at radius 1 is 1.29 bits per heavy atom. The molecule has 0 unspecified atom stereocenters. The van der Waals surface area contributed by atoms with Gasteiger partial charge < -0.3 is 4.57 Å². The minimum Gasteiger partial charge on any atom is -0.347 e. The molecule has 0 aliphatic carbocycles. The van der Waals surface area contributed by atoms with Crippen molar-refractivity contribution in [2.45, 2.75) is 13.5 Å². The van der Waals surface area contributed by atoms with Crippen molar-refractivity contribution in [2.75, 3.05) is 0 Å². The molecule has 0 spiro atoms. The third-order valence-corrected chi connectivity index (χ3v) is 5.58. The van der Waals surface area contributed by atoms with E-state index in [0.29, 0.717) is 10.3 Å². The van der Waals surface area contributed by atoms with E-state index in [1.165, 1.54) is 23.5 Å². The zero-order chi connectivity index (χ0) is 19.7. The molecule has 0 radical (unpaired) electrons. The van der Waals surface area contributed by atoms with Crippen LogP contribution in [0.3, 0.4) is 0 Å². The Balaban J connectivity index is 1.54. The molecule has 2 heterocycles. The number of hydrogen-bond acceptors (Lipinski definition) is 5. The molecule has 0 aliphatic rings. The standard InChI is InChI=1S/C20H16N4O3S/c1-2-23-12-14(16-5-3-4-6-17(16)23)11-21-22-20(25)19-10-13-9-15(24(26)27)7-8-18(13)28-19/h3-12H,2H2,1H3,(H,22,25)/b21-11-. The van der Waals surface area contributed by atoms with Gasteiger partial charge in [0.1, 0.15) is 0 Å². The van der Waals surface area contributed by atoms with Crippen molar-refractivity contribution in [3.05, 3.63) is 75.3 Å². The minimum atomic E-state index is -0.450. The largest absolute Gasteiger partial charge is 0.347 e. The third kappa shape index (κ3) is 3.25. The van der Waals surface area contributed by atoms with Crippen LogP contribution in [0.15, 0.2) is 59.8 Å². The van der Waals surface area contributed by atoms with E-state index in [1.807, 2.05) is 30.5 Å². The van der Waals surface area contributed by atoms with Crippen LogP contribution in [-0.2, 0) is 6.54 Å². The Labute approximate surface area is 164 Å². The number of hydrogen-bond donors (Lipinski definition) is 1. The topological polar surface area (TPSA) is 89.5 Å². The van der Waals surface area contributed by atoms with Crippen LogP contribution in [0.2, 0.25) is 0 Å². The summed E-state index contributed by atoms with van der Waals surface area (Å²) in [7, 11) is 0. The molecule has 0 saturated carbocycles. The summed E-state index contributed by atoms with van der Waals surface area (Å²) in [6.45, 7) is 2.91. The minimum absolute atomic E-state index is 0.00240. The van der Waals surface area contributed by atoms with Crippen LogP contribution < -0.4 is 5.43 Å². The summed E-state index contributed by atoms with van der Waals surface area (Å²) in [5.74, 6) is -0.348. The second kappa shape index (κ2) is 7.24. The lowest BCUT2D eigenvalue weighted by atomic mass is 10.2.